The molecule has 0 aliphatic carbocycles. The van der Waals surface area contributed by atoms with Crippen LogP contribution in [0.25, 0.3) is 0 Å². The Hall–Kier alpha value is -2.15. The van der Waals surface area contributed by atoms with E-state index in [0.29, 0.717) is 18.9 Å². The highest BCUT2D eigenvalue weighted by molar-refractivity contribution is 7.91. The summed E-state index contributed by atoms with van der Waals surface area (Å²) in [7, 11) is -2.93. The van der Waals surface area contributed by atoms with Crippen LogP contribution in [0.15, 0.2) is 30.5 Å². The first kappa shape index (κ1) is 17.7. The number of nitrogens with zero attached hydrogens (tertiary/aromatic N) is 3. The van der Waals surface area contributed by atoms with Crippen molar-refractivity contribution >= 4 is 27.3 Å². The molecule has 0 bridgehead atoms. The van der Waals surface area contributed by atoms with Gasteiger partial charge in [-0.25, -0.2) is 13.4 Å². The summed E-state index contributed by atoms with van der Waals surface area (Å²) < 4.78 is 23.6. The molecule has 0 spiro atoms. The summed E-state index contributed by atoms with van der Waals surface area (Å²) in [6, 6.07) is 7.88. The zero-order valence-corrected chi connectivity index (χ0v) is 15.7. The Morgan fingerprint density at radius 2 is 2.08 bits per heavy atom. The maximum Gasteiger partial charge on any atom is 0.229 e. The van der Waals surface area contributed by atoms with Crippen LogP contribution in [0.4, 0.5) is 17.5 Å². The van der Waals surface area contributed by atoms with Crippen molar-refractivity contribution in [2.75, 3.05) is 28.3 Å². The molecule has 6 nitrogen and oxygen atoms in total. The summed E-state index contributed by atoms with van der Waals surface area (Å²) >= 11 is 0. The van der Waals surface area contributed by atoms with Crippen molar-refractivity contribution < 1.29 is 8.42 Å². The number of anilines is 3. The molecule has 0 saturated carbocycles. The SMILES string of the molecule is CCN(c1ccnc(Nc2cccc(C)c2C)n1)C1CCS(=O)(=O)C1. The van der Waals surface area contributed by atoms with Crippen LogP contribution in [0.2, 0.25) is 0 Å². The highest BCUT2D eigenvalue weighted by Crippen LogP contribution is 2.25. The first-order valence-electron chi connectivity index (χ1n) is 8.53. The van der Waals surface area contributed by atoms with E-state index in [4.69, 9.17) is 0 Å². The fraction of sp³-hybridized carbons (Fsp3) is 0.444. The number of sulfone groups is 1. The second-order valence-electron chi connectivity index (χ2n) is 6.45. The van der Waals surface area contributed by atoms with Crippen LogP contribution in [-0.2, 0) is 9.84 Å². The normalized spacial score (nSPS) is 18.9. The van der Waals surface area contributed by atoms with Crippen LogP contribution in [0.1, 0.15) is 24.5 Å². The number of aryl methyl sites for hydroxylation is 1. The molecular formula is C18H24N4O2S. The van der Waals surface area contributed by atoms with Gasteiger partial charge in [0.2, 0.25) is 5.95 Å². The molecule has 1 aromatic carbocycles. The van der Waals surface area contributed by atoms with E-state index in [2.05, 4.69) is 40.1 Å². The van der Waals surface area contributed by atoms with Crippen molar-refractivity contribution in [2.24, 2.45) is 0 Å². The summed E-state index contributed by atoms with van der Waals surface area (Å²) in [4.78, 5) is 11.0. The molecule has 1 aliphatic rings. The lowest BCUT2D eigenvalue weighted by molar-refractivity contribution is 0.599. The lowest BCUT2D eigenvalue weighted by Crippen LogP contribution is -2.36. The fourth-order valence-corrected chi connectivity index (χ4v) is 4.94. The monoisotopic (exact) mass is 360 g/mol. The average molecular weight is 360 g/mol. The lowest BCUT2D eigenvalue weighted by Gasteiger charge is -2.28. The van der Waals surface area contributed by atoms with Crippen molar-refractivity contribution in [3.8, 4) is 0 Å². The predicted octanol–water partition coefficient (Wildman–Crippen LogP) is 2.85. The Morgan fingerprint density at radius 1 is 1.28 bits per heavy atom. The van der Waals surface area contributed by atoms with Gasteiger partial charge in [-0.3, -0.25) is 0 Å². The van der Waals surface area contributed by atoms with Gasteiger partial charge in [-0.2, -0.15) is 4.98 Å². The van der Waals surface area contributed by atoms with Gasteiger partial charge in [0.05, 0.1) is 11.5 Å². The number of nitrogens with one attached hydrogen (secondary N) is 1. The van der Waals surface area contributed by atoms with Gasteiger partial charge in [-0.1, -0.05) is 12.1 Å². The minimum atomic E-state index is -2.93. The molecule has 1 N–H and O–H groups in total. The molecule has 2 aromatic rings. The summed E-state index contributed by atoms with van der Waals surface area (Å²) in [6.45, 7) is 6.85. The van der Waals surface area contributed by atoms with Crippen molar-refractivity contribution in [1.82, 2.24) is 9.97 Å². The van der Waals surface area contributed by atoms with Crippen LogP contribution in [0, 0.1) is 13.8 Å². The smallest absolute Gasteiger partial charge is 0.229 e. The van der Waals surface area contributed by atoms with Gasteiger partial charge in [-0.05, 0) is 50.5 Å². The zero-order chi connectivity index (χ0) is 18.0. The third kappa shape index (κ3) is 3.92. The van der Waals surface area contributed by atoms with E-state index in [1.54, 1.807) is 6.20 Å². The summed E-state index contributed by atoms with van der Waals surface area (Å²) in [5.74, 6) is 1.73. The summed E-state index contributed by atoms with van der Waals surface area (Å²) in [5, 5.41) is 3.27. The predicted molar refractivity (Wildman–Crippen MR) is 101 cm³/mol. The van der Waals surface area contributed by atoms with Crippen LogP contribution in [-0.4, -0.2) is 42.5 Å². The largest absolute Gasteiger partial charge is 0.353 e. The van der Waals surface area contributed by atoms with Gasteiger partial charge >= 0.3 is 0 Å². The third-order valence-electron chi connectivity index (χ3n) is 4.78. The Bertz CT molecular complexity index is 867. The van der Waals surface area contributed by atoms with Gasteiger partial charge in [0.1, 0.15) is 5.82 Å². The molecule has 0 amide bonds. The molecule has 1 fully saturated rings. The Kier molecular flexibility index (Phi) is 4.94. The van der Waals surface area contributed by atoms with Crippen LogP contribution in [0.3, 0.4) is 0 Å². The second kappa shape index (κ2) is 7.00. The van der Waals surface area contributed by atoms with Gasteiger partial charge in [0.25, 0.3) is 0 Å². The van der Waals surface area contributed by atoms with Crippen molar-refractivity contribution in [1.29, 1.82) is 0 Å². The van der Waals surface area contributed by atoms with Crippen LogP contribution >= 0.6 is 0 Å². The fourth-order valence-electron chi connectivity index (χ4n) is 3.20. The van der Waals surface area contributed by atoms with E-state index < -0.39 is 9.84 Å². The van der Waals surface area contributed by atoms with Crippen molar-refractivity contribution in [3.63, 3.8) is 0 Å². The van der Waals surface area contributed by atoms with E-state index in [0.717, 1.165) is 17.1 Å². The molecule has 25 heavy (non-hydrogen) atoms. The van der Waals surface area contributed by atoms with Gasteiger partial charge < -0.3 is 10.2 Å². The quantitative estimate of drug-likeness (QED) is 0.884. The first-order valence-corrected chi connectivity index (χ1v) is 10.3. The molecule has 1 aromatic heterocycles. The van der Waals surface area contributed by atoms with E-state index in [9.17, 15) is 8.42 Å². The molecule has 1 unspecified atom stereocenters. The summed E-state index contributed by atoms with van der Waals surface area (Å²) in [6.07, 6.45) is 2.36. The minimum Gasteiger partial charge on any atom is -0.353 e. The highest BCUT2D eigenvalue weighted by Gasteiger charge is 2.32. The average Bonchev–Trinajstić information content (AvgIpc) is 2.93. The molecule has 134 valence electrons. The topological polar surface area (TPSA) is 75.2 Å². The van der Waals surface area contributed by atoms with Crippen LogP contribution < -0.4 is 10.2 Å². The number of hydrogen-bond donors (Lipinski definition) is 1. The molecular weight excluding hydrogens is 336 g/mol. The lowest BCUT2D eigenvalue weighted by atomic mass is 10.1. The number of hydrogen-bond acceptors (Lipinski definition) is 6. The second-order valence-corrected chi connectivity index (χ2v) is 8.68. The van der Waals surface area contributed by atoms with Gasteiger partial charge in [0.15, 0.2) is 9.84 Å². The molecule has 7 heteroatoms. The number of aromatic nitrogens is 2. The zero-order valence-electron chi connectivity index (χ0n) is 14.9. The number of benzene rings is 1. The maximum atomic E-state index is 11.8. The standard InChI is InChI=1S/C18H24N4O2S/c1-4-22(15-9-11-25(23,24)12-15)17-8-10-19-18(21-17)20-16-7-5-6-13(2)14(16)3/h5-8,10,15H,4,9,11-12H2,1-3H3,(H,19,20,21). The maximum absolute atomic E-state index is 11.8. The van der Waals surface area contributed by atoms with Crippen LogP contribution in [0.5, 0.6) is 0 Å². The van der Waals surface area contributed by atoms with Gasteiger partial charge in [-0.15, -0.1) is 0 Å². The first-order chi connectivity index (χ1) is 11.9. The van der Waals surface area contributed by atoms with E-state index >= 15 is 0 Å². The Labute approximate surface area is 149 Å². The van der Waals surface area contributed by atoms with E-state index in [-0.39, 0.29) is 17.5 Å². The number of rotatable bonds is 5. The van der Waals surface area contributed by atoms with Gasteiger partial charge in [0, 0.05) is 24.5 Å². The molecule has 1 saturated heterocycles. The molecule has 1 aliphatic heterocycles. The Balaban J connectivity index is 1.84. The minimum absolute atomic E-state index is 0.0153. The summed E-state index contributed by atoms with van der Waals surface area (Å²) in [5.41, 5.74) is 3.34. The van der Waals surface area contributed by atoms with E-state index in [1.807, 2.05) is 25.1 Å². The highest BCUT2D eigenvalue weighted by atomic mass is 32.2. The molecule has 2 heterocycles. The molecule has 3 rings (SSSR count). The van der Waals surface area contributed by atoms with Crippen molar-refractivity contribution in [3.05, 3.63) is 41.6 Å². The third-order valence-corrected chi connectivity index (χ3v) is 6.53. The Morgan fingerprint density at radius 3 is 2.76 bits per heavy atom. The van der Waals surface area contributed by atoms with Crippen molar-refractivity contribution in [2.45, 2.75) is 33.2 Å². The van der Waals surface area contributed by atoms with E-state index in [1.165, 1.54) is 5.56 Å². The molecule has 1 atom stereocenters. The molecule has 0 radical (unpaired) electrons.